The molecule has 0 bridgehead atoms. The zero-order valence-electron chi connectivity index (χ0n) is 17.0. The van der Waals surface area contributed by atoms with Crippen molar-refractivity contribution in [2.45, 2.75) is 17.8 Å². The van der Waals surface area contributed by atoms with Gasteiger partial charge in [0, 0.05) is 7.11 Å². The molecular formula is C21H20F3N3O4S. The molecule has 0 saturated heterocycles. The Labute approximate surface area is 186 Å². The van der Waals surface area contributed by atoms with Crippen LogP contribution in [0.15, 0.2) is 58.2 Å². The SMILES string of the molecule is COCCOc1ccc(C(F)(F)F)cc1NC(=O)CSc1nnc(Cc2ccccc2)o1. The van der Waals surface area contributed by atoms with Gasteiger partial charge in [-0.05, 0) is 23.8 Å². The summed E-state index contributed by atoms with van der Waals surface area (Å²) in [7, 11) is 1.47. The number of ether oxygens (including phenoxy) is 2. The van der Waals surface area contributed by atoms with Crippen molar-refractivity contribution in [3.63, 3.8) is 0 Å². The van der Waals surface area contributed by atoms with Crippen molar-refractivity contribution in [1.82, 2.24) is 10.2 Å². The molecule has 7 nitrogen and oxygen atoms in total. The lowest BCUT2D eigenvalue weighted by molar-refractivity contribution is -0.137. The number of anilines is 1. The molecule has 3 rings (SSSR count). The number of halogens is 3. The largest absolute Gasteiger partial charge is 0.489 e. The lowest BCUT2D eigenvalue weighted by Gasteiger charge is -2.15. The minimum absolute atomic E-state index is 0.0863. The van der Waals surface area contributed by atoms with Crippen LogP contribution < -0.4 is 10.1 Å². The van der Waals surface area contributed by atoms with Crippen LogP contribution >= 0.6 is 11.8 Å². The van der Waals surface area contributed by atoms with Crippen LogP contribution in [0.3, 0.4) is 0 Å². The van der Waals surface area contributed by atoms with Crippen LogP contribution in [0.4, 0.5) is 18.9 Å². The number of hydrogen-bond donors (Lipinski definition) is 1. The summed E-state index contributed by atoms with van der Waals surface area (Å²) in [5.74, 6) is -0.184. The number of alkyl halides is 3. The molecule has 2 aromatic carbocycles. The van der Waals surface area contributed by atoms with Crippen molar-refractivity contribution < 1.29 is 31.9 Å². The van der Waals surface area contributed by atoms with Gasteiger partial charge in [0.05, 0.1) is 30.0 Å². The molecule has 0 saturated carbocycles. The highest BCUT2D eigenvalue weighted by Gasteiger charge is 2.31. The Bertz CT molecular complexity index is 1030. The number of amides is 1. The fraction of sp³-hybridized carbons (Fsp3) is 0.286. The van der Waals surface area contributed by atoms with E-state index in [1.807, 2.05) is 30.3 Å². The summed E-state index contributed by atoms with van der Waals surface area (Å²) in [5.41, 5.74) is 0.00909. The van der Waals surface area contributed by atoms with E-state index in [0.29, 0.717) is 12.3 Å². The first-order chi connectivity index (χ1) is 15.3. The highest BCUT2D eigenvalue weighted by molar-refractivity contribution is 7.99. The molecule has 170 valence electrons. The molecule has 1 amide bonds. The van der Waals surface area contributed by atoms with Crippen LogP contribution in [-0.2, 0) is 22.1 Å². The first kappa shape index (κ1) is 23.6. The second kappa shape index (κ2) is 11.0. The molecule has 0 aliphatic carbocycles. The zero-order valence-corrected chi connectivity index (χ0v) is 17.8. The number of methoxy groups -OCH3 is 1. The summed E-state index contributed by atoms with van der Waals surface area (Å²) >= 11 is 0.981. The van der Waals surface area contributed by atoms with E-state index in [4.69, 9.17) is 13.9 Å². The Kier molecular flexibility index (Phi) is 8.12. The summed E-state index contributed by atoms with van der Waals surface area (Å²) in [6.07, 6.45) is -4.11. The second-order valence-corrected chi connectivity index (χ2v) is 7.44. The Morgan fingerprint density at radius 1 is 1.12 bits per heavy atom. The predicted molar refractivity (Wildman–Crippen MR) is 112 cm³/mol. The van der Waals surface area contributed by atoms with E-state index in [2.05, 4.69) is 15.5 Å². The Hall–Kier alpha value is -3.05. The van der Waals surface area contributed by atoms with Gasteiger partial charge in [-0.15, -0.1) is 10.2 Å². The van der Waals surface area contributed by atoms with Gasteiger partial charge in [0.2, 0.25) is 11.8 Å². The first-order valence-electron chi connectivity index (χ1n) is 9.47. The molecule has 0 radical (unpaired) electrons. The molecule has 32 heavy (non-hydrogen) atoms. The molecule has 0 aliphatic heterocycles. The van der Waals surface area contributed by atoms with Crippen LogP contribution in [0, 0.1) is 0 Å². The van der Waals surface area contributed by atoms with Crippen molar-refractivity contribution in [3.8, 4) is 5.75 Å². The van der Waals surface area contributed by atoms with Crippen LogP contribution in [0.1, 0.15) is 17.0 Å². The van der Waals surface area contributed by atoms with Gasteiger partial charge in [-0.3, -0.25) is 4.79 Å². The zero-order chi connectivity index (χ0) is 23.0. The van der Waals surface area contributed by atoms with Crippen molar-refractivity contribution in [1.29, 1.82) is 0 Å². The summed E-state index contributed by atoms with van der Waals surface area (Å²) in [4.78, 5) is 12.3. The molecule has 1 aromatic heterocycles. The normalized spacial score (nSPS) is 11.4. The van der Waals surface area contributed by atoms with Crippen molar-refractivity contribution >= 4 is 23.4 Å². The number of rotatable bonds is 10. The number of aromatic nitrogens is 2. The van der Waals surface area contributed by atoms with Gasteiger partial charge >= 0.3 is 6.18 Å². The van der Waals surface area contributed by atoms with E-state index in [9.17, 15) is 18.0 Å². The second-order valence-electron chi connectivity index (χ2n) is 6.51. The van der Waals surface area contributed by atoms with E-state index in [-0.39, 0.29) is 35.6 Å². The molecule has 3 aromatic rings. The molecule has 0 aliphatic rings. The van der Waals surface area contributed by atoms with E-state index in [0.717, 1.165) is 35.5 Å². The average Bonchev–Trinajstić information content (AvgIpc) is 3.21. The maximum absolute atomic E-state index is 13.1. The third kappa shape index (κ3) is 6.99. The molecule has 0 spiro atoms. The van der Waals surface area contributed by atoms with E-state index in [1.165, 1.54) is 7.11 Å². The van der Waals surface area contributed by atoms with Gasteiger partial charge in [-0.1, -0.05) is 42.1 Å². The molecule has 1 heterocycles. The number of nitrogens with one attached hydrogen (secondary N) is 1. The Balaban J connectivity index is 1.61. The number of carbonyl (C=O) groups excluding carboxylic acids is 1. The fourth-order valence-electron chi connectivity index (χ4n) is 2.62. The van der Waals surface area contributed by atoms with Gasteiger partial charge in [0.1, 0.15) is 12.4 Å². The molecule has 1 N–H and O–H groups in total. The smallest absolute Gasteiger partial charge is 0.416 e. The molecule has 0 fully saturated rings. The van der Waals surface area contributed by atoms with Gasteiger partial charge in [-0.25, -0.2) is 0 Å². The summed E-state index contributed by atoms with van der Waals surface area (Å²) in [6.45, 7) is 0.360. The van der Waals surface area contributed by atoms with Crippen LogP contribution in [0.25, 0.3) is 0 Å². The van der Waals surface area contributed by atoms with E-state index in [1.54, 1.807) is 0 Å². The number of hydrogen-bond acceptors (Lipinski definition) is 7. The van der Waals surface area contributed by atoms with Crippen molar-refractivity contribution in [2.24, 2.45) is 0 Å². The lowest BCUT2D eigenvalue weighted by Crippen LogP contribution is -2.17. The molecular weight excluding hydrogens is 447 g/mol. The van der Waals surface area contributed by atoms with Gasteiger partial charge < -0.3 is 19.2 Å². The van der Waals surface area contributed by atoms with Gasteiger partial charge in [0.15, 0.2) is 0 Å². The van der Waals surface area contributed by atoms with Crippen LogP contribution in [0.2, 0.25) is 0 Å². The quantitative estimate of drug-likeness (QED) is 0.349. The number of thioether (sulfide) groups is 1. The average molecular weight is 467 g/mol. The summed E-state index contributed by atoms with van der Waals surface area (Å²) in [5, 5.41) is 10.5. The minimum atomic E-state index is -4.56. The molecule has 0 unspecified atom stereocenters. The van der Waals surface area contributed by atoms with Crippen LogP contribution in [0.5, 0.6) is 5.75 Å². The van der Waals surface area contributed by atoms with Gasteiger partial charge in [-0.2, -0.15) is 13.2 Å². The van der Waals surface area contributed by atoms with Crippen molar-refractivity contribution in [2.75, 3.05) is 31.4 Å². The first-order valence-corrected chi connectivity index (χ1v) is 10.5. The van der Waals surface area contributed by atoms with Crippen LogP contribution in [-0.4, -0.2) is 42.2 Å². The minimum Gasteiger partial charge on any atom is -0.489 e. The third-order valence-corrected chi connectivity index (χ3v) is 4.92. The fourth-order valence-corrected chi connectivity index (χ4v) is 3.20. The standard InChI is InChI=1S/C21H20F3N3O4S/c1-29-9-10-30-17-8-7-15(21(22,23)24)12-16(17)25-18(28)13-32-20-27-26-19(31-20)11-14-5-3-2-4-6-14/h2-8,12H,9-11,13H2,1H3,(H,25,28). The highest BCUT2D eigenvalue weighted by atomic mass is 32.2. The Morgan fingerprint density at radius 3 is 2.62 bits per heavy atom. The van der Waals surface area contributed by atoms with Crippen molar-refractivity contribution in [3.05, 3.63) is 65.5 Å². The number of nitrogens with zero attached hydrogens (tertiary/aromatic N) is 2. The predicted octanol–water partition coefficient (Wildman–Crippen LogP) is 4.44. The van der Waals surface area contributed by atoms with E-state index < -0.39 is 17.6 Å². The number of carbonyl (C=O) groups is 1. The maximum atomic E-state index is 13.1. The topological polar surface area (TPSA) is 86.5 Å². The van der Waals surface area contributed by atoms with E-state index >= 15 is 0 Å². The number of benzene rings is 2. The molecule has 0 atom stereocenters. The molecule has 11 heteroatoms. The summed E-state index contributed by atoms with van der Waals surface area (Å²) < 4.78 is 55.0. The maximum Gasteiger partial charge on any atom is 0.416 e. The monoisotopic (exact) mass is 467 g/mol. The highest BCUT2D eigenvalue weighted by Crippen LogP contribution is 2.35. The third-order valence-electron chi connectivity index (χ3n) is 4.10. The Morgan fingerprint density at radius 2 is 1.91 bits per heavy atom. The summed E-state index contributed by atoms with van der Waals surface area (Å²) in [6, 6.07) is 12.4. The van der Waals surface area contributed by atoms with Gasteiger partial charge in [0.25, 0.3) is 5.22 Å². The lowest BCUT2D eigenvalue weighted by atomic mass is 10.1.